The van der Waals surface area contributed by atoms with Gasteiger partial charge in [-0.05, 0) is 43.4 Å². The fourth-order valence-corrected chi connectivity index (χ4v) is 4.50. The number of rotatable bonds is 3. The van der Waals surface area contributed by atoms with E-state index in [4.69, 9.17) is 17.3 Å². The SMILES string of the molecule is NC1=NC(N2CCC(N3C[C@@H](O)C[C@@H]3Cc3ccc(Cl)cc3)CC2)=NC1. The molecule has 0 bridgehead atoms. The van der Waals surface area contributed by atoms with Gasteiger partial charge in [0.05, 0.1) is 6.10 Å². The predicted molar refractivity (Wildman–Crippen MR) is 105 cm³/mol. The van der Waals surface area contributed by atoms with Gasteiger partial charge in [0.25, 0.3) is 0 Å². The van der Waals surface area contributed by atoms with Crippen LogP contribution in [0.15, 0.2) is 34.3 Å². The number of aliphatic hydroxyl groups excluding tert-OH is 1. The van der Waals surface area contributed by atoms with E-state index in [1.54, 1.807) is 0 Å². The Bertz CT molecular complexity index is 696. The normalized spacial score (nSPS) is 27.7. The van der Waals surface area contributed by atoms with Gasteiger partial charge in [-0.3, -0.25) is 4.90 Å². The van der Waals surface area contributed by atoms with Gasteiger partial charge in [-0.2, -0.15) is 4.99 Å². The Balaban J connectivity index is 1.37. The van der Waals surface area contributed by atoms with Crippen LogP contribution in [0.1, 0.15) is 24.8 Å². The maximum absolute atomic E-state index is 10.3. The molecular formula is C19H26ClN5O. The minimum absolute atomic E-state index is 0.228. The summed E-state index contributed by atoms with van der Waals surface area (Å²) in [6, 6.07) is 8.96. The number of nitrogens with two attached hydrogens (primary N) is 1. The highest BCUT2D eigenvalue weighted by Gasteiger charge is 2.37. The van der Waals surface area contributed by atoms with E-state index in [-0.39, 0.29) is 6.10 Å². The van der Waals surface area contributed by atoms with E-state index in [9.17, 15) is 5.11 Å². The maximum Gasteiger partial charge on any atom is 0.222 e. The number of halogens is 1. The fraction of sp³-hybridized carbons (Fsp3) is 0.579. The second-order valence-corrected chi connectivity index (χ2v) is 7.94. The largest absolute Gasteiger partial charge is 0.392 e. The van der Waals surface area contributed by atoms with Gasteiger partial charge in [0.15, 0.2) is 0 Å². The highest BCUT2D eigenvalue weighted by atomic mass is 35.5. The molecular weight excluding hydrogens is 350 g/mol. The highest BCUT2D eigenvalue weighted by molar-refractivity contribution is 6.30. The van der Waals surface area contributed by atoms with Crippen molar-refractivity contribution in [3.05, 3.63) is 34.9 Å². The minimum atomic E-state index is -0.228. The number of likely N-dealkylation sites (tertiary alicyclic amines) is 2. The molecule has 1 aromatic rings. The van der Waals surface area contributed by atoms with Crippen LogP contribution in [0.2, 0.25) is 5.02 Å². The molecule has 0 unspecified atom stereocenters. The Morgan fingerprint density at radius 3 is 2.58 bits per heavy atom. The van der Waals surface area contributed by atoms with Crippen LogP contribution in [-0.2, 0) is 6.42 Å². The van der Waals surface area contributed by atoms with Crippen LogP contribution in [0.5, 0.6) is 0 Å². The lowest BCUT2D eigenvalue weighted by Crippen LogP contribution is -2.48. The second kappa shape index (κ2) is 7.55. The van der Waals surface area contributed by atoms with Gasteiger partial charge in [-0.25, -0.2) is 4.99 Å². The van der Waals surface area contributed by atoms with Crippen molar-refractivity contribution in [2.45, 2.75) is 43.9 Å². The van der Waals surface area contributed by atoms with E-state index in [0.717, 1.165) is 56.3 Å². The summed E-state index contributed by atoms with van der Waals surface area (Å²) in [4.78, 5) is 13.5. The number of β-amino-alcohol motifs (C(OH)–C–C–N with tert-alkyl or cyclic N) is 1. The summed E-state index contributed by atoms with van der Waals surface area (Å²) >= 11 is 6.00. The molecule has 3 aliphatic rings. The lowest BCUT2D eigenvalue weighted by molar-refractivity contribution is 0.109. The van der Waals surface area contributed by atoms with Gasteiger partial charge in [0, 0.05) is 36.7 Å². The number of benzene rings is 1. The van der Waals surface area contributed by atoms with Crippen LogP contribution in [0.4, 0.5) is 0 Å². The fourth-order valence-electron chi connectivity index (χ4n) is 4.38. The number of aliphatic imine (C=N–C) groups is 2. The molecule has 2 fully saturated rings. The van der Waals surface area contributed by atoms with Crippen molar-refractivity contribution in [3.63, 3.8) is 0 Å². The monoisotopic (exact) mass is 375 g/mol. The van der Waals surface area contributed by atoms with Gasteiger partial charge in [0.1, 0.15) is 12.4 Å². The number of amidine groups is 1. The molecule has 7 heteroatoms. The summed E-state index contributed by atoms with van der Waals surface area (Å²) < 4.78 is 0. The zero-order valence-electron chi connectivity index (χ0n) is 14.9. The summed E-state index contributed by atoms with van der Waals surface area (Å²) in [5.74, 6) is 1.40. The Hall–Kier alpha value is -1.63. The van der Waals surface area contributed by atoms with Crippen LogP contribution in [0.3, 0.4) is 0 Å². The average Bonchev–Trinajstić information content (AvgIpc) is 3.23. The molecule has 4 rings (SSSR count). The number of hydrogen-bond donors (Lipinski definition) is 2. The van der Waals surface area contributed by atoms with Crippen LogP contribution in [0, 0.1) is 0 Å². The third kappa shape index (κ3) is 3.87. The third-order valence-electron chi connectivity index (χ3n) is 5.66. The number of guanidine groups is 1. The Labute approximate surface area is 159 Å². The molecule has 3 N–H and O–H groups in total. The number of aliphatic hydroxyl groups is 1. The molecule has 26 heavy (non-hydrogen) atoms. The number of piperidine rings is 1. The number of hydrogen-bond acceptors (Lipinski definition) is 6. The van der Waals surface area contributed by atoms with Gasteiger partial charge in [-0.15, -0.1) is 0 Å². The summed E-state index contributed by atoms with van der Waals surface area (Å²) in [6.07, 6.45) is 3.71. The standard InChI is InChI=1S/C19H26ClN5O/c20-14-3-1-13(2-4-14)9-16-10-17(26)12-25(16)15-5-7-24(8-6-15)19-22-11-18(21)23-19/h1-4,15-17,26H,5-12H2,(H2,21,22,23)/t16-,17-/m0/s1. The van der Waals surface area contributed by atoms with Gasteiger partial charge in [0.2, 0.25) is 5.96 Å². The molecule has 3 heterocycles. The molecule has 0 aromatic heterocycles. The molecule has 0 aliphatic carbocycles. The maximum atomic E-state index is 10.3. The van der Waals surface area contributed by atoms with Gasteiger partial charge < -0.3 is 15.7 Å². The Morgan fingerprint density at radius 2 is 1.92 bits per heavy atom. The van der Waals surface area contributed by atoms with Crippen molar-refractivity contribution < 1.29 is 5.11 Å². The third-order valence-corrected chi connectivity index (χ3v) is 5.91. The van der Waals surface area contributed by atoms with Gasteiger partial charge in [-0.1, -0.05) is 23.7 Å². The highest BCUT2D eigenvalue weighted by Crippen LogP contribution is 2.29. The summed E-state index contributed by atoms with van der Waals surface area (Å²) in [5.41, 5.74) is 7.02. The molecule has 140 valence electrons. The van der Waals surface area contributed by atoms with E-state index in [1.165, 1.54) is 5.56 Å². The van der Waals surface area contributed by atoms with Gasteiger partial charge >= 0.3 is 0 Å². The minimum Gasteiger partial charge on any atom is -0.392 e. The van der Waals surface area contributed by atoms with Crippen LogP contribution in [0.25, 0.3) is 0 Å². The zero-order valence-corrected chi connectivity index (χ0v) is 15.6. The first-order valence-electron chi connectivity index (χ1n) is 9.39. The van der Waals surface area contributed by atoms with E-state index in [0.29, 0.717) is 24.5 Å². The van der Waals surface area contributed by atoms with Crippen LogP contribution in [-0.4, -0.2) is 71.1 Å². The first-order chi connectivity index (χ1) is 12.6. The Morgan fingerprint density at radius 1 is 1.19 bits per heavy atom. The van der Waals surface area contributed by atoms with Crippen molar-refractivity contribution in [1.82, 2.24) is 9.80 Å². The predicted octanol–water partition coefficient (Wildman–Crippen LogP) is 1.51. The van der Waals surface area contributed by atoms with E-state index in [1.807, 2.05) is 12.1 Å². The molecule has 3 aliphatic heterocycles. The molecule has 2 saturated heterocycles. The van der Waals surface area contributed by atoms with Crippen molar-refractivity contribution >= 4 is 23.4 Å². The smallest absolute Gasteiger partial charge is 0.222 e. The van der Waals surface area contributed by atoms with Crippen LogP contribution < -0.4 is 5.73 Å². The summed E-state index contributed by atoms with van der Waals surface area (Å²) in [7, 11) is 0. The lowest BCUT2D eigenvalue weighted by atomic mass is 9.99. The van der Waals surface area contributed by atoms with Crippen molar-refractivity contribution in [3.8, 4) is 0 Å². The molecule has 0 saturated carbocycles. The van der Waals surface area contributed by atoms with Crippen LogP contribution >= 0.6 is 11.6 Å². The van der Waals surface area contributed by atoms with Crippen molar-refractivity contribution in [1.29, 1.82) is 0 Å². The quantitative estimate of drug-likeness (QED) is 0.839. The zero-order chi connectivity index (χ0) is 18.1. The summed E-state index contributed by atoms with van der Waals surface area (Å²) in [5, 5.41) is 11.0. The molecule has 6 nitrogen and oxygen atoms in total. The molecule has 1 aromatic carbocycles. The molecule has 0 spiro atoms. The van der Waals surface area contributed by atoms with E-state index >= 15 is 0 Å². The first kappa shape index (κ1) is 17.8. The van der Waals surface area contributed by atoms with E-state index in [2.05, 4.69) is 31.9 Å². The molecule has 0 radical (unpaired) electrons. The Kier molecular flexibility index (Phi) is 5.16. The average molecular weight is 376 g/mol. The second-order valence-electron chi connectivity index (χ2n) is 7.51. The van der Waals surface area contributed by atoms with E-state index < -0.39 is 0 Å². The first-order valence-corrected chi connectivity index (χ1v) is 9.77. The lowest BCUT2D eigenvalue weighted by Gasteiger charge is -2.39. The van der Waals surface area contributed by atoms with Crippen molar-refractivity contribution in [2.24, 2.45) is 15.7 Å². The topological polar surface area (TPSA) is 77.5 Å². The molecule has 0 amide bonds. The molecule has 2 atom stereocenters. The summed E-state index contributed by atoms with van der Waals surface area (Å²) in [6.45, 7) is 3.19. The van der Waals surface area contributed by atoms with Crippen molar-refractivity contribution in [2.75, 3.05) is 26.2 Å². The number of nitrogens with zero attached hydrogens (tertiary/aromatic N) is 4.